The fourth-order valence-electron chi connectivity index (χ4n) is 0.956. The summed E-state index contributed by atoms with van der Waals surface area (Å²) in [5.41, 5.74) is 5.22. The van der Waals surface area contributed by atoms with E-state index in [-0.39, 0.29) is 18.9 Å². The van der Waals surface area contributed by atoms with Crippen LogP contribution in [0, 0.1) is 11.6 Å². The van der Waals surface area contributed by atoms with Crippen molar-refractivity contribution in [3.05, 3.63) is 23.8 Å². The second kappa shape index (κ2) is 4.76. The lowest BCUT2D eigenvalue weighted by Gasteiger charge is -2.07. The van der Waals surface area contributed by atoms with E-state index in [0.717, 1.165) is 12.1 Å². The molecule has 0 heterocycles. The average molecular weight is 203 g/mol. The minimum Gasteiger partial charge on any atom is -0.488 e. The SMILES string of the molecule is Nc1cc(F)c(OCCCO)c(F)c1. The van der Waals surface area contributed by atoms with E-state index in [9.17, 15) is 8.78 Å². The van der Waals surface area contributed by atoms with Gasteiger partial charge in [-0.15, -0.1) is 0 Å². The van der Waals surface area contributed by atoms with Crippen molar-refractivity contribution < 1.29 is 18.6 Å². The standard InChI is InChI=1S/C9H11F2NO2/c10-7-4-6(12)5-8(11)9(7)14-3-1-2-13/h4-5,13H,1-3,12H2. The molecule has 0 saturated carbocycles. The summed E-state index contributed by atoms with van der Waals surface area (Å²) in [5.74, 6) is -2.12. The topological polar surface area (TPSA) is 55.5 Å². The Hall–Kier alpha value is -1.36. The largest absolute Gasteiger partial charge is 0.488 e. The summed E-state index contributed by atoms with van der Waals surface area (Å²) >= 11 is 0. The molecule has 78 valence electrons. The maximum Gasteiger partial charge on any atom is 0.190 e. The van der Waals surface area contributed by atoms with Crippen LogP contribution in [0.25, 0.3) is 0 Å². The highest BCUT2D eigenvalue weighted by Gasteiger charge is 2.11. The molecule has 3 N–H and O–H groups in total. The molecule has 0 spiro atoms. The second-order valence-electron chi connectivity index (χ2n) is 2.74. The molecule has 3 nitrogen and oxygen atoms in total. The van der Waals surface area contributed by atoms with Crippen LogP contribution >= 0.6 is 0 Å². The zero-order valence-electron chi connectivity index (χ0n) is 7.46. The van der Waals surface area contributed by atoms with E-state index < -0.39 is 17.4 Å². The van der Waals surface area contributed by atoms with Crippen molar-refractivity contribution in [2.24, 2.45) is 0 Å². The number of halogens is 2. The third-order valence-corrected chi connectivity index (χ3v) is 1.57. The molecule has 0 aromatic heterocycles. The lowest BCUT2D eigenvalue weighted by molar-refractivity contribution is 0.222. The molecule has 0 bridgehead atoms. The van der Waals surface area contributed by atoms with Crippen molar-refractivity contribution in [1.82, 2.24) is 0 Å². The molecule has 1 aromatic rings. The van der Waals surface area contributed by atoms with E-state index in [4.69, 9.17) is 15.6 Å². The summed E-state index contributed by atoms with van der Waals surface area (Å²) in [5, 5.41) is 8.44. The van der Waals surface area contributed by atoms with Gasteiger partial charge < -0.3 is 15.6 Å². The predicted molar refractivity (Wildman–Crippen MR) is 48.0 cm³/mol. The molecule has 0 saturated heterocycles. The van der Waals surface area contributed by atoms with Gasteiger partial charge >= 0.3 is 0 Å². The number of hydrogen-bond acceptors (Lipinski definition) is 3. The third-order valence-electron chi connectivity index (χ3n) is 1.57. The lowest BCUT2D eigenvalue weighted by atomic mass is 10.3. The van der Waals surface area contributed by atoms with Crippen LogP contribution in [0.2, 0.25) is 0 Å². The molecule has 14 heavy (non-hydrogen) atoms. The van der Waals surface area contributed by atoms with Gasteiger partial charge in [0.2, 0.25) is 0 Å². The third kappa shape index (κ3) is 2.56. The van der Waals surface area contributed by atoms with Crippen LogP contribution in [0.3, 0.4) is 0 Å². The highest BCUT2D eigenvalue weighted by Crippen LogP contribution is 2.24. The van der Waals surface area contributed by atoms with Crippen molar-refractivity contribution in [3.63, 3.8) is 0 Å². The smallest absolute Gasteiger partial charge is 0.190 e. The number of ether oxygens (including phenoxy) is 1. The molecule has 1 rings (SSSR count). The molecular weight excluding hydrogens is 192 g/mol. The molecule has 0 aliphatic carbocycles. The van der Waals surface area contributed by atoms with E-state index in [1.807, 2.05) is 0 Å². The minimum absolute atomic E-state index is 0.00880. The predicted octanol–water partition coefficient (Wildman–Crippen LogP) is 1.31. The minimum atomic E-state index is -0.833. The van der Waals surface area contributed by atoms with Crippen molar-refractivity contribution in [2.75, 3.05) is 18.9 Å². The number of benzene rings is 1. The van der Waals surface area contributed by atoms with Crippen LogP contribution in [0.15, 0.2) is 12.1 Å². The van der Waals surface area contributed by atoms with Gasteiger partial charge in [-0.2, -0.15) is 0 Å². The van der Waals surface area contributed by atoms with Gasteiger partial charge in [0, 0.05) is 30.8 Å². The first kappa shape index (κ1) is 10.7. The molecule has 0 radical (unpaired) electrons. The Morgan fingerprint density at radius 2 is 1.86 bits per heavy atom. The molecule has 0 amide bonds. The van der Waals surface area contributed by atoms with Crippen LogP contribution in [0.5, 0.6) is 5.75 Å². The van der Waals surface area contributed by atoms with Gasteiger partial charge in [-0.3, -0.25) is 0 Å². The van der Waals surface area contributed by atoms with E-state index in [1.54, 1.807) is 0 Å². The average Bonchev–Trinajstić information content (AvgIpc) is 2.09. The molecule has 1 aromatic carbocycles. The van der Waals surface area contributed by atoms with Gasteiger partial charge in [-0.05, 0) is 0 Å². The number of aliphatic hydroxyl groups excluding tert-OH is 1. The first-order valence-corrected chi connectivity index (χ1v) is 4.13. The Balaban J connectivity index is 2.75. The van der Waals surface area contributed by atoms with E-state index in [1.165, 1.54) is 0 Å². The Bertz CT molecular complexity index is 295. The summed E-state index contributed by atoms with van der Waals surface area (Å²) in [6, 6.07) is 1.97. The van der Waals surface area contributed by atoms with Gasteiger partial charge in [0.25, 0.3) is 0 Å². The van der Waals surface area contributed by atoms with Gasteiger partial charge in [0.05, 0.1) is 6.61 Å². The lowest BCUT2D eigenvalue weighted by Crippen LogP contribution is -2.04. The number of anilines is 1. The van der Waals surface area contributed by atoms with E-state index in [2.05, 4.69) is 0 Å². The van der Waals surface area contributed by atoms with E-state index >= 15 is 0 Å². The number of hydrogen-bond donors (Lipinski definition) is 2. The first-order chi connectivity index (χ1) is 6.65. The molecular formula is C9H11F2NO2. The first-order valence-electron chi connectivity index (χ1n) is 4.13. The summed E-state index contributed by atoms with van der Waals surface area (Å²) in [6.07, 6.45) is 0.323. The van der Waals surface area contributed by atoms with Crippen molar-refractivity contribution in [1.29, 1.82) is 0 Å². The number of nitrogen functional groups attached to an aromatic ring is 1. The Morgan fingerprint density at radius 3 is 2.36 bits per heavy atom. The van der Waals surface area contributed by atoms with Crippen LogP contribution in [-0.4, -0.2) is 18.3 Å². The summed E-state index contributed by atoms with van der Waals surface area (Å²) in [4.78, 5) is 0. The highest BCUT2D eigenvalue weighted by molar-refractivity contribution is 5.44. The number of aliphatic hydroxyl groups is 1. The van der Waals surface area contributed by atoms with Crippen LogP contribution in [0.4, 0.5) is 14.5 Å². The highest BCUT2D eigenvalue weighted by atomic mass is 19.1. The molecule has 0 aliphatic rings. The summed E-state index contributed by atoms with van der Waals surface area (Å²) in [7, 11) is 0. The second-order valence-corrected chi connectivity index (χ2v) is 2.74. The van der Waals surface area contributed by atoms with E-state index in [0.29, 0.717) is 6.42 Å². The van der Waals surface area contributed by atoms with Crippen molar-refractivity contribution in [3.8, 4) is 5.75 Å². The maximum absolute atomic E-state index is 13.0. The number of nitrogens with two attached hydrogens (primary N) is 1. The molecule has 0 atom stereocenters. The number of rotatable bonds is 4. The zero-order chi connectivity index (χ0) is 10.6. The van der Waals surface area contributed by atoms with Crippen molar-refractivity contribution >= 4 is 5.69 Å². The maximum atomic E-state index is 13.0. The fourth-order valence-corrected chi connectivity index (χ4v) is 0.956. The summed E-state index contributed by atoms with van der Waals surface area (Å²) < 4.78 is 30.9. The van der Waals surface area contributed by atoms with Gasteiger partial charge in [0.15, 0.2) is 17.4 Å². The van der Waals surface area contributed by atoms with Gasteiger partial charge in [0.1, 0.15) is 0 Å². The molecule has 5 heteroatoms. The van der Waals surface area contributed by atoms with Crippen LogP contribution in [-0.2, 0) is 0 Å². The van der Waals surface area contributed by atoms with Crippen molar-refractivity contribution in [2.45, 2.75) is 6.42 Å². The summed E-state index contributed by atoms with van der Waals surface area (Å²) in [6.45, 7) is -0.0214. The Kier molecular flexibility index (Phi) is 3.64. The zero-order valence-corrected chi connectivity index (χ0v) is 7.46. The molecule has 0 aliphatic heterocycles. The Labute approximate surface area is 80.1 Å². The van der Waals surface area contributed by atoms with Gasteiger partial charge in [-0.1, -0.05) is 0 Å². The normalized spacial score (nSPS) is 10.2. The Morgan fingerprint density at radius 1 is 1.29 bits per heavy atom. The molecule has 0 unspecified atom stereocenters. The van der Waals surface area contributed by atoms with Crippen LogP contribution < -0.4 is 10.5 Å². The fraction of sp³-hybridized carbons (Fsp3) is 0.333. The quantitative estimate of drug-likeness (QED) is 0.573. The van der Waals surface area contributed by atoms with Gasteiger partial charge in [-0.25, -0.2) is 8.78 Å². The van der Waals surface area contributed by atoms with Crippen LogP contribution in [0.1, 0.15) is 6.42 Å². The molecule has 0 fully saturated rings. The monoisotopic (exact) mass is 203 g/mol.